The van der Waals surface area contributed by atoms with Crippen LogP contribution in [0.2, 0.25) is 5.15 Å². The number of nitrogens with zero attached hydrogens (tertiary/aromatic N) is 2. The van der Waals surface area contributed by atoms with Crippen molar-refractivity contribution in [3.8, 4) is 22.4 Å². The number of aromatic nitrogens is 2. The van der Waals surface area contributed by atoms with E-state index in [1.807, 2.05) is 11.3 Å². The third-order valence-electron chi connectivity index (χ3n) is 11.0. The molecule has 0 N–H and O–H groups in total. The lowest BCUT2D eigenvalue weighted by atomic mass is 9.86. The molecule has 12 rings (SSSR count). The Bertz CT molecular complexity index is 3540. The summed E-state index contributed by atoms with van der Waals surface area (Å²) in [5, 5.41) is 16.7. The van der Waals surface area contributed by atoms with Gasteiger partial charge < -0.3 is 0 Å². The van der Waals surface area contributed by atoms with Crippen LogP contribution in [0.1, 0.15) is 0 Å². The fourth-order valence-corrected chi connectivity index (χ4v) is 11.3. The molecule has 0 saturated carbocycles. The smallest absolute Gasteiger partial charge is 0.157 e. The summed E-state index contributed by atoms with van der Waals surface area (Å²) in [4.78, 5) is 11.0. The van der Waals surface area contributed by atoms with Crippen LogP contribution < -0.4 is 0 Å². The van der Waals surface area contributed by atoms with Crippen LogP contribution in [-0.4, -0.2) is 9.97 Å². The van der Waals surface area contributed by atoms with Gasteiger partial charge in [0, 0.05) is 41.2 Å². The van der Waals surface area contributed by atoms with Gasteiger partial charge >= 0.3 is 0 Å². The first kappa shape index (κ1) is 29.6. The molecule has 12 aromatic rings. The molecule has 0 unspecified atom stereocenters. The van der Waals surface area contributed by atoms with Gasteiger partial charge in [-0.05, 0) is 77.8 Å². The van der Waals surface area contributed by atoms with E-state index in [1.54, 1.807) is 11.3 Å². The first-order valence-corrected chi connectivity index (χ1v) is 19.7. The summed E-state index contributed by atoms with van der Waals surface area (Å²) in [5.74, 6) is 0. The van der Waals surface area contributed by atoms with Crippen LogP contribution in [-0.2, 0) is 0 Å². The SMILES string of the molecule is Clc1nc2sc3ccccc3c2nc1-c1ccc(-c2cc3ccccc3c3c4ccccc4c4c(sc5ccc6ccccc6c54)c23)c2ccccc12. The van der Waals surface area contributed by atoms with Crippen molar-refractivity contribution in [2.75, 3.05) is 0 Å². The van der Waals surface area contributed by atoms with Crippen molar-refractivity contribution in [2.45, 2.75) is 0 Å². The first-order chi connectivity index (χ1) is 26.2. The van der Waals surface area contributed by atoms with Gasteiger partial charge in [-0.2, -0.15) is 0 Å². The Labute approximate surface area is 316 Å². The van der Waals surface area contributed by atoms with Gasteiger partial charge in [-0.15, -0.1) is 22.7 Å². The van der Waals surface area contributed by atoms with Crippen LogP contribution in [0.15, 0.2) is 152 Å². The maximum atomic E-state index is 7.00. The molecule has 0 aliphatic carbocycles. The molecule has 0 spiro atoms. The molecule has 53 heavy (non-hydrogen) atoms. The third-order valence-corrected chi connectivity index (χ3v) is 13.5. The Morgan fingerprint density at radius 2 is 1.00 bits per heavy atom. The topological polar surface area (TPSA) is 25.8 Å². The van der Waals surface area contributed by atoms with Crippen LogP contribution in [0.5, 0.6) is 0 Å². The molecule has 2 nitrogen and oxygen atoms in total. The van der Waals surface area contributed by atoms with Crippen LogP contribution in [0, 0.1) is 0 Å². The number of rotatable bonds is 2. The molecule has 0 atom stereocenters. The van der Waals surface area contributed by atoms with Gasteiger partial charge in [0.25, 0.3) is 0 Å². The third kappa shape index (κ3) is 4.14. The zero-order valence-corrected chi connectivity index (χ0v) is 30.4. The van der Waals surface area contributed by atoms with Gasteiger partial charge in [0.05, 0.1) is 0 Å². The fourth-order valence-electron chi connectivity index (χ4n) is 8.71. The normalized spacial score (nSPS) is 12.2. The van der Waals surface area contributed by atoms with Crippen molar-refractivity contribution in [1.82, 2.24) is 9.97 Å². The minimum absolute atomic E-state index is 0.420. The lowest BCUT2D eigenvalue weighted by molar-refractivity contribution is 1.32. The minimum Gasteiger partial charge on any atom is -0.241 e. The lowest BCUT2D eigenvalue weighted by Crippen LogP contribution is -1.93. The molecule has 0 aliphatic rings. The maximum absolute atomic E-state index is 7.00. The summed E-state index contributed by atoms with van der Waals surface area (Å²) in [6.45, 7) is 0. The average molecular weight is 729 g/mol. The molecule has 0 bridgehead atoms. The van der Waals surface area contributed by atoms with E-state index in [4.69, 9.17) is 21.6 Å². The van der Waals surface area contributed by atoms with Gasteiger partial charge in [-0.3, -0.25) is 0 Å². The second kappa shape index (κ2) is 11.0. The molecule has 3 aromatic heterocycles. The van der Waals surface area contributed by atoms with Crippen LogP contribution in [0.25, 0.3) is 117 Å². The van der Waals surface area contributed by atoms with Crippen molar-refractivity contribution in [3.63, 3.8) is 0 Å². The van der Waals surface area contributed by atoms with E-state index in [0.29, 0.717) is 10.8 Å². The predicted octanol–water partition coefficient (Wildman–Crippen LogP) is 15.0. The molecular formula is C48H25ClN2S2. The average Bonchev–Trinajstić information content (AvgIpc) is 3.78. The van der Waals surface area contributed by atoms with Crippen molar-refractivity contribution in [1.29, 1.82) is 0 Å². The van der Waals surface area contributed by atoms with Gasteiger partial charge in [0.15, 0.2) is 5.15 Å². The maximum Gasteiger partial charge on any atom is 0.157 e. The number of hydrogen-bond donors (Lipinski definition) is 0. The number of benzene rings is 9. The van der Waals surface area contributed by atoms with E-state index in [2.05, 4.69) is 152 Å². The quantitative estimate of drug-likeness (QED) is 0.166. The Morgan fingerprint density at radius 1 is 0.396 bits per heavy atom. The fraction of sp³-hybridized carbons (Fsp3) is 0. The van der Waals surface area contributed by atoms with E-state index in [-0.39, 0.29) is 0 Å². The Kier molecular flexibility index (Phi) is 6.18. The van der Waals surface area contributed by atoms with Crippen molar-refractivity contribution in [2.24, 2.45) is 0 Å². The highest BCUT2D eigenvalue weighted by atomic mass is 35.5. The van der Waals surface area contributed by atoms with E-state index in [0.717, 1.165) is 36.8 Å². The molecule has 9 aromatic carbocycles. The van der Waals surface area contributed by atoms with Gasteiger partial charge in [-0.1, -0.05) is 145 Å². The minimum atomic E-state index is 0.420. The summed E-state index contributed by atoms with van der Waals surface area (Å²) >= 11 is 10.5. The summed E-state index contributed by atoms with van der Waals surface area (Å²) in [6, 6.07) is 55.2. The van der Waals surface area contributed by atoms with E-state index in [1.165, 1.54) is 74.4 Å². The second-order valence-electron chi connectivity index (χ2n) is 13.7. The van der Waals surface area contributed by atoms with E-state index < -0.39 is 0 Å². The van der Waals surface area contributed by atoms with Crippen molar-refractivity contribution >= 4 is 129 Å². The standard InChI is InChI=1S/C48H25ClN2S2/c49-47-44(50-45-36-19-9-10-20-38(36)53-48(45)51-47)35-23-22-32(30-15-5-6-16-31(30)35)37-25-27-12-2-4-14-29(27)40-33-17-7-8-18-34(33)42-41-28-13-3-1-11-26(28)21-24-39(41)52-46(42)43(37)40/h1-25H. The Hall–Kier alpha value is -5.91. The summed E-state index contributed by atoms with van der Waals surface area (Å²) < 4.78 is 3.79. The number of thiophene rings is 2. The second-order valence-corrected chi connectivity index (χ2v) is 16.2. The van der Waals surface area contributed by atoms with E-state index in [9.17, 15) is 0 Å². The highest BCUT2D eigenvalue weighted by Gasteiger charge is 2.23. The summed E-state index contributed by atoms with van der Waals surface area (Å²) in [6.07, 6.45) is 0. The van der Waals surface area contributed by atoms with Crippen LogP contribution in [0.4, 0.5) is 0 Å². The van der Waals surface area contributed by atoms with Gasteiger partial charge in [-0.25, -0.2) is 9.97 Å². The Balaban J connectivity index is 1.23. The lowest BCUT2D eigenvalue weighted by Gasteiger charge is -2.18. The first-order valence-electron chi connectivity index (χ1n) is 17.7. The molecule has 0 fully saturated rings. The van der Waals surface area contributed by atoms with Crippen LogP contribution in [0.3, 0.4) is 0 Å². The van der Waals surface area contributed by atoms with Crippen molar-refractivity contribution in [3.05, 3.63) is 157 Å². The van der Waals surface area contributed by atoms with Crippen LogP contribution >= 0.6 is 34.3 Å². The number of hydrogen-bond acceptors (Lipinski definition) is 4. The monoisotopic (exact) mass is 728 g/mol. The van der Waals surface area contributed by atoms with E-state index >= 15 is 0 Å². The molecule has 3 heterocycles. The zero-order chi connectivity index (χ0) is 34.8. The molecule has 246 valence electrons. The molecule has 5 heteroatoms. The number of fused-ring (bicyclic) bond motifs is 16. The molecule has 0 radical (unpaired) electrons. The molecular weight excluding hydrogens is 704 g/mol. The highest BCUT2D eigenvalue weighted by molar-refractivity contribution is 7.27. The van der Waals surface area contributed by atoms with Crippen molar-refractivity contribution < 1.29 is 0 Å². The summed E-state index contributed by atoms with van der Waals surface area (Å²) in [5.41, 5.74) is 4.99. The number of halogens is 1. The Morgan fingerprint density at radius 3 is 1.79 bits per heavy atom. The molecule has 0 saturated heterocycles. The largest absolute Gasteiger partial charge is 0.241 e. The summed E-state index contributed by atoms with van der Waals surface area (Å²) in [7, 11) is 0. The predicted molar refractivity (Wildman–Crippen MR) is 231 cm³/mol. The van der Waals surface area contributed by atoms with Gasteiger partial charge in [0.1, 0.15) is 16.0 Å². The molecule has 0 amide bonds. The van der Waals surface area contributed by atoms with Gasteiger partial charge in [0.2, 0.25) is 0 Å². The zero-order valence-electron chi connectivity index (χ0n) is 28.0. The highest BCUT2D eigenvalue weighted by Crippen LogP contribution is 2.51. The molecule has 0 aliphatic heterocycles.